The lowest BCUT2D eigenvalue weighted by Crippen LogP contribution is -2.37. The predicted molar refractivity (Wildman–Crippen MR) is 56.3 cm³/mol. The van der Waals surface area contributed by atoms with Crippen LogP contribution in [0.5, 0.6) is 0 Å². The minimum absolute atomic E-state index is 0.340. The topological polar surface area (TPSA) is 37.3 Å². The van der Waals surface area contributed by atoms with Crippen molar-refractivity contribution >= 4 is 5.78 Å². The monoisotopic (exact) mass is 210 g/mol. The number of halogens is 1. The second-order valence-corrected chi connectivity index (χ2v) is 3.57. The number of rotatable bonds is 4. The molecule has 0 radical (unpaired) electrons. The molecule has 82 valence electrons. The molecule has 15 heavy (non-hydrogen) atoms. The summed E-state index contributed by atoms with van der Waals surface area (Å²) in [4.78, 5) is 11.9. The summed E-state index contributed by atoms with van der Waals surface area (Å²) in [6.07, 6.45) is 0.722. The first-order chi connectivity index (χ1) is 7.03. The third kappa shape index (κ3) is 2.42. The van der Waals surface area contributed by atoms with Gasteiger partial charge in [0.05, 0.1) is 0 Å². The molecule has 0 aliphatic rings. The van der Waals surface area contributed by atoms with Gasteiger partial charge in [-0.2, -0.15) is 0 Å². The first kappa shape index (κ1) is 11.9. The van der Waals surface area contributed by atoms with Crippen molar-refractivity contribution in [3.05, 3.63) is 35.6 Å². The van der Waals surface area contributed by atoms with Crippen molar-refractivity contribution in [3.8, 4) is 0 Å². The van der Waals surface area contributed by atoms with Gasteiger partial charge in [-0.1, -0.05) is 13.8 Å². The number of hydrogen-bond donors (Lipinski definition) is 1. The minimum Gasteiger partial charge on any atom is -0.382 e. The van der Waals surface area contributed by atoms with Gasteiger partial charge in [0.25, 0.3) is 0 Å². The molecule has 2 nitrogen and oxygen atoms in total. The maximum atomic E-state index is 12.6. The average Bonchev–Trinajstić information content (AvgIpc) is 2.28. The van der Waals surface area contributed by atoms with Crippen LogP contribution in [0.4, 0.5) is 4.39 Å². The Kier molecular flexibility index (Phi) is 3.58. The summed E-state index contributed by atoms with van der Waals surface area (Å²) in [5, 5.41) is 9.98. The van der Waals surface area contributed by atoms with E-state index in [1.54, 1.807) is 13.8 Å². The summed E-state index contributed by atoms with van der Waals surface area (Å²) >= 11 is 0. The van der Waals surface area contributed by atoms with Gasteiger partial charge < -0.3 is 5.11 Å². The molecular formula is C12H15FO2. The molecule has 0 heterocycles. The Balaban J connectivity index is 2.98. The number of aliphatic hydroxyl groups is 1. The van der Waals surface area contributed by atoms with Crippen molar-refractivity contribution in [2.45, 2.75) is 32.3 Å². The molecule has 1 rings (SSSR count). The van der Waals surface area contributed by atoms with Crippen LogP contribution in [-0.2, 0) is 0 Å². The van der Waals surface area contributed by atoms with Gasteiger partial charge in [-0.3, -0.25) is 4.79 Å². The number of hydrogen-bond acceptors (Lipinski definition) is 2. The molecule has 1 aromatic carbocycles. The molecule has 0 saturated heterocycles. The number of benzene rings is 1. The van der Waals surface area contributed by atoms with Crippen LogP contribution in [0.2, 0.25) is 0 Å². The fourth-order valence-corrected chi connectivity index (χ4v) is 1.44. The van der Waals surface area contributed by atoms with E-state index in [-0.39, 0.29) is 11.6 Å². The maximum absolute atomic E-state index is 12.6. The van der Waals surface area contributed by atoms with Gasteiger partial charge >= 0.3 is 0 Å². The van der Waals surface area contributed by atoms with Crippen LogP contribution < -0.4 is 0 Å². The van der Waals surface area contributed by atoms with Crippen molar-refractivity contribution in [3.63, 3.8) is 0 Å². The summed E-state index contributed by atoms with van der Waals surface area (Å²) in [7, 11) is 0. The van der Waals surface area contributed by atoms with Crippen molar-refractivity contribution < 1.29 is 14.3 Å². The molecule has 1 aromatic rings. The third-order valence-electron chi connectivity index (χ3n) is 2.70. The van der Waals surface area contributed by atoms with E-state index < -0.39 is 5.60 Å². The van der Waals surface area contributed by atoms with Crippen LogP contribution in [0.3, 0.4) is 0 Å². The zero-order chi connectivity index (χ0) is 11.5. The Labute approximate surface area is 88.7 Å². The lowest BCUT2D eigenvalue weighted by Gasteiger charge is -2.23. The Morgan fingerprint density at radius 1 is 1.27 bits per heavy atom. The number of ketones is 1. The molecule has 0 atom stereocenters. The first-order valence-electron chi connectivity index (χ1n) is 5.06. The Morgan fingerprint density at radius 2 is 1.73 bits per heavy atom. The van der Waals surface area contributed by atoms with Crippen molar-refractivity contribution in [1.82, 2.24) is 0 Å². The Hall–Kier alpha value is -1.22. The third-order valence-corrected chi connectivity index (χ3v) is 2.70. The molecule has 0 unspecified atom stereocenters. The van der Waals surface area contributed by atoms with E-state index in [1.165, 1.54) is 24.3 Å². The molecule has 0 amide bonds. The highest BCUT2D eigenvalue weighted by Gasteiger charge is 2.32. The molecule has 0 saturated carbocycles. The predicted octanol–water partition coefficient (Wildman–Crippen LogP) is 2.56. The fourth-order valence-electron chi connectivity index (χ4n) is 1.44. The van der Waals surface area contributed by atoms with Crippen LogP contribution in [-0.4, -0.2) is 16.5 Å². The second kappa shape index (κ2) is 4.53. The van der Waals surface area contributed by atoms with Crippen LogP contribution in [0.15, 0.2) is 24.3 Å². The second-order valence-electron chi connectivity index (χ2n) is 3.57. The molecule has 0 spiro atoms. The first-order valence-corrected chi connectivity index (χ1v) is 5.06. The van der Waals surface area contributed by atoms with Gasteiger partial charge in [0.1, 0.15) is 11.4 Å². The highest BCUT2D eigenvalue weighted by atomic mass is 19.1. The molecule has 0 aliphatic heterocycles. The van der Waals surface area contributed by atoms with Crippen LogP contribution >= 0.6 is 0 Å². The van der Waals surface area contributed by atoms with Gasteiger partial charge in [0.2, 0.25) is 0 Å². The Morgan fingerprint density at radius 3 is 2.13 bits per heavy atom. The molecule has 0 fully saturated rings. The molecule has 0 aromatic heterocycles. The number of Topliss-reactive ketones (excluding diaryl/α,β-unsaturated/α-hetero) is 1. The van der Waals surface area contributed by atoms with Crippen molar-refractivity contribution in [2.75, 3.05) is 0 Å². The lowest BCUT2D eigenvalue weighted by molar-refractivity contribution is 0.0277. The Bertz CT molecular complexity index is 339. The summed E-state index contributed by atoms with van der Waals surface area (Å²) < 4.78 is 12.6. The van der Waals surface area contributed by atoms with E-state index >= 15 is 0 Å². The summed E-state index contributed by atoms with van der Waals surface area (Å²) in [5.74, 6) is -0.726. The van der Waals surface area contributed by atoms with E-state index in [4.69, 9.17) is 0 Å². The van der Waals surface area contributed by atoms with Gasteiger partial charge in [-0.05, 0) is 37.1 Å². The summed E-state index contributed by atoms with van der Waals surface area (Å²) in [6, 6.07) is 5.24. The van der Waals surface area contributed by atoms with Gasteiger partial charge in [-0.25, -0.2) is 4.39 Å². The quantitative estimate of drug-likeness (QED) is 0.775. The van der Waals surface area contributed by atoms with E-state index in [0.29, 0.717) is 18.4 Å². The lowest BCUT2D eigenvalue weighted by atomic mass is 9.88. The molecular weight excluding hydrogens is 195 g/mol. The van der Waals surface area contributed by atoms with E-state index in [2.05, 4.69) is 0 Å². The van der Waals surface area contributed by atoms with Gasteiger partial charge in [0.15, 0.2) is 5.78 Å². The average molecular weight is 210 g/mol. The smallest absolute Gasteiger partial charge is 0.194 e. The zero-order valence-electron chi connectivity index (χ0n) is 8.96. The van der Waals surface area contributed by atoms with Crippen LogP contribution in [0.25, 0.3) is 0 Å². The largest absolute Gasteiger partial charge is 0.382 e. The molecule has 0 bridgehead atoms. The van der Waals surface area contributed by atoms with Gasteiger partial charge in [-0.15, -0.1) is 0 Å². The fraction of sp³-hybridized carbons (Fsp3) is 0.417. The molecule has 1 N–H and O–H groups in total. The minimum atomic E-state index is -1.32. The van der Waals surface area contributed by atoms with Crippen molar-refractivity contribution in [2.24, 2.45) is 0 Å². The van der Waals surface area contributed by atoms with E-state index in [9.17, 15) is 14.3 Å². The van der Waals surface area contributed by atoms with E-state index in [0.717, 1.165) is 0 Å². The highest BCUT2D eigenvalue weighted by Crippen LogP contribution is 2.21. The SMILES string of the molecule is CCC(O)(CC)C(=O)c1ccc(F)cc1. The normalized spacial score (nSPS) is 11.5. The molecule has 0 aliphatic carbocycles. The van der Waals surface area contributed by atoms with Crippen LogP contribution in [0, 0.1) is 5.82 Å². The van der Waals surface area contributed by atoms with Crippen molar-refractivity contribution in [1.29, 1.82) is 0 Å². The van der Waals surface area contributed by atoms with Gasteiger partial charge in [0, 0.05) is 5.56 Å². The van der Waals surface area contributed by atoms with Crippen LogP contribution in [0.1, 0.15) is 37.0 Å². The summed E-state index contributed by atoms with van der Waals surface area (Å²) in [6.45, 7) is 3.51. The summed E-state index contributed by atoms with van der Waals surface area (Å²) in [5.41, 5.74) is -0.972. The maximum Gasteiger partial charge on any atom is 0.194 e. The molecule has 3 heteroatoms. The number of carbonyl (C=O) groups excluding carboxylic acids is 1. The standard InChI is InChI=1S/C12H15FO2/c1-3-12(15,4-2)11(14)9-5-7-10(13)8-6-9/h5-8,15H,3-4H2,1-2H3. The zero-order valence-corrected chi connectivity index (χ0v) is 8.96. The van der Waals surface area contributed by atoms with E-state index in [1.807, 2.05) is 0 Å². The number of carbonyl (C=O) groups is 1. The highest BCUT2D eigenvalue weighted by molar-refractivity contribution is 6.02.